The van der Waals surface area contributed by atoms with E-state index in [1.54, 1.807) is 31.2 Å². The molecule has 186 valence electrons. The van der Waals surface area contributed by atoms with Gasteiger partial charge in [0, 0.05) is 12.6 Å². The molecule has 0 fully saturated rings. The third kappa shape index (κ3) is 7.18. The maximum absolute atomic E-state index is 14.4. The van der Waals surface area contributed by atoms with Crippen molar-refractivity contribution in [2.24, 2.45) is 0 Å². The molecule has 2 rings (SSSR count). The number of ether oxygens (including phenoxy) is 1. The summed E-state index contributed by atoms with van der Waals surface area (Å²) >= 11 is 0. The lowest BCUT2D eigenvalue weighted by atomic mass is 10.1. The highest BCUT2D eigenvalue weighted by Gasteiger charge is 2.31. The van der Waals surface area contributed by atoms with Crippen molar-refractivity contribution in [1.29, 1.82) is 0 Å². The molecular formula is C24H32FN3O5S. The van der Waals surface area contributed by atoms with Crippen molar-refractivity contribution >= 4 is 27.5 Å². The standard InChI is InChI=1S/C24H32FN3O5S/c1-6-17(2)26-24(30)18(3)27(15-19-11-13-20(33-4)14-12-19)23(29)16-28(34(5,31)32)22-10-8-7-9-21(22)25/h7-14,17-18H,6,15-16H2,1-5H3,(H,26,30)/t17-,18-/m1/s1. The molecule has 0 aliphatic rings. The lowest BCUT2D eigenvalue weighted by Crippen LogP contribution is -2.52. The Bertz CT molecular complexity index is 1090. The minimum Gasteiger partial charge on any atom is -0.497 e. The van der Waals surface area contributed by atoms with Gasteiger partial charge in [-0.05, 0) is 50.1 Å². The molecule has 0 aliphatic carbocycles. The number of anilines is 1. The molecule has 1 N–H and O–H groups in total. The van der Waals surface area contributed by atoms with Crippen LogP contribution in [0.2, 0.25) is 0 Å². The zero-order chi connectivity index (χ0) is 25.5. The molecule has 0 saturated carbocycles. The van der Waals surface area contributed by atoms with E-state index in [9.17, 15) is 22.4 Å². The maximum Gasteiger partial charge on any atom is 0.244 e. The fourth-order valence-electron chi connectivity index (χ4n) is 3.22. The van der Waals surface area contributed by atoms with Gasteiger partial charge in [-0.1, -0.05) is 31.2 Å². The van der Waals surface area contributed by atoms with Gasteiger partial charge in [-0.3, -0.25) is 13.9 Å². The van der Waals surface area contributed by atoms with E-state index in [2.05, 4.69) is 5.32 Å². The minimum absolute atomic E-state index is 0.0484. The van der Waals surface area contributed by atoms with Crippen LogP contribution < -0.4 is 14.4 Å². The van der Waals surface area contributed by atoms with Gasteiger partial charge in [-0.15, -0.1) is 0 Å². The van der Waals surface area contributed by atoms with Crippen LogP contribution in [0.15, 0.2) is 48.5 Å². The van der Waals surface area contributed by atoms with Crippen LogP contribution in [0.3, 0.4) is 0 Å². The molecule has 2 aromatic carbocycles. The maximum atomic E-state index is 14.4. The van der Waals surface area contributed by atoms with E-state index in [-0.39, 0.29) is 24.2 Å². The molecule has 2 amide bonds. The molecule has 2 atom stereocenters. The van der Waals surface area contributed by atoms with Crippen molar-refractivity contribution in [2.45, 2.75) is 45.8 Å². The summed E-state index contributed by atoms with van der Waals surface area (Å²) in [7, 11) is -2.45. The Morgan fingerprint density at radius 3 is 2.24 bits per heavy atom. The summed E-state index contributed by atoms with van der Waals surface area (Å²) in [5.41, 5.74) is 0.480. The zero-order valence-electron chi connectivity index (χ0n) is 20.1. The Kier molecular flexibility index (Phi) is 9.43. The van der Waals surface area contributed by atoms with Crippen molar-refractivity contribution in [3.05, 3.63) is 59.9 Å². The molecule has 34 heavy (non-hydrogen) atoms. The number of halogens is 1. The summed E-state index contributed by atoms with van der Waals surface area (Å²) in [4.78, 5) is 27.5. The Morgan fingerprint density at radius 2 is 1.71 bits per heavy atom. The number of amides is 2. The first kappa shape index (κ1) is 27.1. The molecule has 0 radical (unpaired) electrons. The molecule has 0 aromatic heterocycles. The summed E-state index contributed by atoms with van der Waals surface area (Å²) in [6.07, 6.45) is 1.61. The lowest BCUT2D eigenvalue weighted by Gasteiger charge is -2.32. The molecule has 0 spiro atoms. The van der Waals surface area contributed by atoms with E-state index in [4.69, 9.17) is 4.74 Å². The third-order valence-corrected chi connectivity index (χ3v) is 6.61. The van der Waals surface area contributed by atoms with E-state index >= 15 is 0 Å². The van der Waals surface area contributed by atoms with E-state index in [1.807, 2.05) is 13.8 Å². The summed E-state index contributed by atoms with van der Waals surface area (Å²) in [6, 6.07) is 11.3. The van der Waals surface area contributed by atoms with Gasteiger partial charge in [-0.2, -0.15) is 0 Å². The van der Waals surface area contributed by atoms with E-state index in [0.29, 0.717) is 22.0 Å². The Balaban J connectivity index is 2.39. The molecule has 0 unspecified atom stereocenters. The van der Waals surface area contributed by atoms with Crippen molar-refractivity contribution in [3.63, 3.8) is 0 Å². The Morgan fingerprint density at radius 1 is 1.09 bits per heavy atom. The number of nitrogens with zero attached hydrogens (tertiary/aromatic N) is 2. The molecular weight excluding hydrogens is 461 g/mol. The van der Waals surface area contributed by atoms with Crippen molar-refractivity contribution in [3.8, 4) is 5.75 Å². The number of para-hydroxylation sites is 1. The molecule has 8 nitrogen and oxygen atoms in total. The zero-order valence-corrected chi connectivity index (χ0v) is 20.9. The molecule has 2 aromatic rings. The van der Waals surface area contributed by atoms with Crippen LogP contribution in [0.5, 0.6) is 5.75 Å². The van der Waals surface area contributed by atoms with Crippen LogP contribution in [0.25, 0.3) is 0 Å². The number of methoxy groups -OCH3 is 1. The van der Waals surface area contributed by atoms with Crippen LogP contribution in [-0.4, -0.2) is 57.1 Å². The molecule has 0 saturated heterocycles. The van der Waals surface area contributed by atoms with Gasteiger partial charge in [-0.25, -0.2) is 12.8 Å². The quantitative estimate of drug-likeness (QED) is 0.519. The first-order valence-corrected chi connectivity index (χ1v) is 12.8. The van der Waals surface area contributed by atoms with Crippen LogP contribution in [0, 0.1) is 5.82 Å². The van der Waals surface area contributed by atoms with Gasteiger partial charge in [0.25, 0.3) is 0 Å². The normalized spacial score (nSPS) is 13.0. The number of sulfonamides is 1. The number of nitrogens with one attached hydrogen (secondary N) is 1. The number of hydrogen-bond acceptors (Lipinski definition) is 5. The SMILES string of the molecule is CC[C@@H](C)NC(=O)[C@@H](C)N(Cc1ccc(OC)cc1)C(=O)CN(c1ccccc1F)S(C)(=O)=O. The Hall–Kier alpha value is -3.14. The van der Waals surface area contributed by atoms with Gasteiger partial charge in [0.05, 0.1) is 19.1 Å². The highest BCUT2D eigenvalue weighted by Crippen LogP contribution is 2.22. The largest absolute Gasteiger partial charge is 0.497 e. The fourth-order valence-corrected chi connectivity index (χ4v) is 4.07. The average molecular weight is 494 g/mol. The first-order valence-electron chi connectivity index (χ1n) is 10.9. The monoisotopic (exact) mass is 493 g/mol. The van der Waals surface area contributed by atoms with Crippen molar-refractivity contribution < 1.29 is 27.1 Å². The van der Waals surface area contributed by atoms with Gasteiger partial charge in [0.15, 0.2) is 0 Å². The number of benzene rings is 2. The highest BCUT2D eigenvalue weighted by atomic mass is 32.2. The van der Waals surface area contributed by atoms with Gasteiger partial charge in [0.2, 0.25) is 21.8 Å². The van der Waals surface area contributed by atoms with Gasteiger partial charge >= 0.3 is 0 Å². The van der Waals surface area contributed by atoms with Crippen molar-refractivity contribution in [2.75, 3.05) is 24.2 Å². The van der Waals surface area contributed by atoms with Gasteiger partial charge in [0.1, 0.15) is 24.2 Å². The second kappa shape index (κ2) is 11.8. The molecule has 10 heteroatoms. The van der Waals surface area contributed by atoms with Crippen LogP contribution in [0.4, 0.5) is 10.1 Å². The number of carbonyl (C=O) groups excluding carboxylic acids is 2. The predicted molar refractivity (Wildman–Crippen MR) is 129 cm³/mol. The summed E-state index contributed by atoms with van der Waals surface area (Å²) in [6.45, 7) is 4.74. The van der Waals surface area contributed by atoms with E-state index in [0.717, 1.165) is 12.3 Å². The minimum atomic E-state index is -3.99. The van der Waals surface area contributed by atoms with Crippen molar-refractivity contribution in [1.82, 2.24) is 10.2 Å². The second-order valence-corrected chi connectivity index (χ2v) is 9.99. The predicted octanol–water partition coefficient (Wildman–Crippen LogP) is 2.93. The van der Waals surface area contributed by atoms with Crippen LogP contribution in [-0.2, 0) is 26.2 Å². The number of carbonyl (C=O) groups is 2. The van der Waals surface area contributed by atoms with E-state index in [1.165, 1.54) is 30.2 Å². The molecule has 0 heterocycles. The van der Waals surface area contributed by atoms with Crippen LogP contribution in [0.1, 0.15) is 32.8 Å². The molecule has 0 aliphatic heterocycles. The number of hydrogen-bond donors (Lipinski definition) is 1. The lowest BCUT2D eigenvalue weighted by molar-refractivity contribution is -0.139. The average Bonchev–Trinajstić information content (AvgIpc) is 2.80. The number of rotatable bonds is 11. The summed E-state index contributed by atoms with van der Waals surface area (Å²) in [5, 5.41) is 2.85. The fraction of sp³-hybridized carbons (Fsp3) is 0.417. The molecule has 0 bridgehead atoms. The Labute approximate surface area is 200 Å². The summed E-state index contributed by atoms with van der Waals surface area (Å²) < 4.78 is 45.2. The third-order valence-electron chi connectivity index (χ3n) is 5.48. The highest BCUT2D eigenvalue weighted by molar-refractivity contribution is 7.92. The smallest absolute Gasteiger partial charge is 0.244 e. The second-order valence-electron chi connectivity index (χ2n) is 8.08. The topological polar surface area (TPSA) is 96.0 Å². The van der Waals surface area contributed by atoms with Gasteiger partial charge < -0.3 is 15.0 Å². The summed E-state index contributed by atoms with van der Waals surface area (Å²) in [5.74, 6) is -1.15. The van der Waals surface area contributed by atoms with Crippen LogP contribution >= 0.6 is 0 Å². The first-order chi connectivity index (χ1) is 16.0. The van der Waals surface area contributed by atoms with E-state index < -0.39 is 34.3 Å².